The lowest BCUT2D eigenvalue weighted by Crippen LogP contribution is -1.70. The Hall–Kier alpha value is -0.150. The average molecular weight is 156 g/mol. The van der Waals surface area contributed by atoms with Crippen LogP contribution < -0.4 is 0 Å². The number of hydrogen-bond acceptors (Lipinski definition) is 3. The summed E-state index contributed by atoms with van der Waals surface area (Å²) in [5, 5.41) is 1.01. The van der Waals surface area contributed by atoms with Crippen LogP contribution in [-0.4, -0.2) is 4.98 Å². The van der Waals surface area contributed by atoms with Crippen LogP contribution >= 0.6 is 21.6 Å². The summed E-state index contributed by atoms with van der Waals surface area (Å²) in [7, 11) is 3.03. The second-order valence-electron chi connectivity index (χ2n) is 1.37. The molecular formula is C6H6NS2. The van der Waals surface area contributed by atoms with E-state index >= 15 is 0 Å². The van der Waals surface area contributed by atoms with Crippen molar-refractivity contribution in [3.63, 3.8) is 0 Å². The highest BCUT2D eigenvalue weighted by Crippen LogP contribution is 2.26. The number of pyridine rings is 1. The van der Waals surface area contributed by atoms with Crippen LogP contribution in [0.5, 0.6) is 0 Å². The van der Waals surface area contributed by atoms with Gasteiger partial charge in [-0.15, -0.1) is 0 Å². The maximum atomic E-state index is 4.07. The molecule has 1 aromatic heterocycles. The van der Waals surface area contributed by atoms with Crippen molar-refractivity contribution in [1.29, 1.82) is 0 Å². The van der Waals surface area contributed by atoms with Crippen molar-refractivity contribution in [3.8, 4) is 0 Å². The van der Waals surface area contributed by atoms with E-state index in [0.29, 0.717) is 0 Å². The monoisotopic (exact) mass is 156 g/mol. The molecule has 0 spiro atoms. The van der Waals surface area contributed by atoms with Crippen LogP contribution in [-0.2, 0) is 0 Å². The van der Waals surface area contributed by atoms with Crippen molar-refractivity contribution in [1.82, 2.24) is 4.98 Å². The van der Waals surface area contributed by atoms with Gasteiger partial charge in [-0.2, -0.15) is 0 Å². The molecule has 47 valence electrons. The fourth-order valence-corrected chi connectivity index (χ4v) is 1.47. The minimum Gasteiger partial charge on any atom is -0.249 e. The molecule has 9 heavy (non-hydrogen) atoms. The SMILES string of the molecule is [CH2]SSc1ccccn1. The lowest BCUT2D eigenvalue weighted by atomic mass is 10.5. The van der Waals surface area contributed by atoms with Crippen LogP contribution in [0.1, 0.15) is 0 Å². The van der Waals surface area contributed by atoms with Crippen LogP contribution in [0.4, 0.5) is 0 Å². The summed E-state index contributed by atoms with van der Waals surface area (Å²) in [5.41, 5.74) is 0. The van der Waals surface area contributed by atoms with E-state index in [0.717, 1.165) is 5.03 Å². The average Bonchev–Trinajstić information content (AvgIpc) is 1.91. The van der Waals surface area contributed by atoms with Gasteiger partial charge in [-0.25, -0.2) is 4.98 Å². The molecule has 0 fully saturated rings. The van der Waals surface area contributed by atoms with Gasteiger partial charge in [-0.1, -0.05) is 16.9 Å². The predicted molar refractivity (Wildman–Crippen MR) is 43.0 cm³/mol. The summed E-state index contributed by atoms with van der Waals surface area (Å²) in [6, 6.07) is 5.83. The van der Waals surface area contributed by atoms with Gasteiger partial charge in [0.05, 0.1) is 0 Å². The maximum Gasteiger partial charge on any atom is 0.106 e. The predicted octanol–water partition coefficient (Wildman–Crippen LogP) is 2.61. The molecule has 0 aliphatic heterocycles. The molecule has 0 N–H and O–H groups in total. The van der Waals surface area contributed by atoms with E-state index in [1.165, 1.54) is 10.8 Å². The van der Waals surface area contributed by atoms with Crippen molar-refractivity contribution >= 4 is 21.6 Å². The fraction of sp³-hybridized carbons (Fsp3) is 0. The molecule has 0 saturated heterocycles. The molecule has 1 radical (unpaired) electrons. The van der Waals surface area contributed by atoms with Gasteiger partial charge >= 0.3 is 0 Å². The summed E-state index contributed by atoms with van der Waals surface area (Å²) < 4.78 is 0. The number of aromatic nitrogens is 1. The molecule has 1 rings (SSSR count). The Labute approximate surface area is 62.7 Å². The molecule has 0 aliphatic rings. The van der Waals surface area contributed by atoms with Gasteiger partial charge in [0.1, 0.15) is 5.03 Å². The zero-order valence-corrected chi connectivity index (χ0v) is 6.41. The Morgan fingerprint density at radius 3 is 2.89 bits per heavy atom. The molecule has 0 unspecified atom stereocenters. The van der Waals surface area contributed by atoms with Crippen LogP contribution in [0.2, 0.25) is 0 Å². The van der Waals surface area contributed by atoms with E-state index < -0.39 is 0 Å². The highest BCUT2D eigenvalue weighted by molar-refractivity contribution is 8.77. The van der Waals surface area contributed by atoms with E-state index in [1.54, 1.807) is 17.0 Å². The standard InChI is InChI=1S/C6H6NS2/c1-8-9-6-4-2-3-5-7-6/h2-5H,1H2. The summed E-state index contributed by atoms with van der Waals surface area (Å²) >= 11 is 0. The van der Waals surface area contributed by atoms with Gasteiger partial charge in [-0.3, -0.25) is 0 Å². The molecule has 0 aliphatic carbocycles. The van der Waals surface area contributed by atoms with Crippen molar-refractivity contribution in [2.75, 3.05) is 0 Å². The number of nitrogens with zero attached hydrogens (tertiary/aromatic N) is 1. The largest absolute Gasteiger partial charge is 0.249 e. The quantitative estimate of drug-likeness (QED) is 0.611. The van der Waals surface area contributed by atoms with Gasteiger partial charge in [0.25, 0.3) is 0 Å². The molecule has 1 nitrogen and oxygen atoms in total. The first kappa shape index (κ1) is 6.96. The zero-order valence-electron chi connectivity index (χ0n) is 4.78. The van der Waals surface area contributed by atoms with E-state index in [9.17, 15) is 0 Å². The molecule has 1 aromatic rings. The fourth-order valence-electron chi connectivity index (χ4n) is 0.457. The smallest absolute Gasteiger partial charge is 0.106 e. The van der Waals surface area contributed by atoms with Crippen molar-refractivity contribution in [2.24, 2.45) is 0 Å². The normalized spacial score (nSPS) is 9.44. The van der Waals surface area contributed by atoms with Crippen molar-refractivity contribution < 1.29 is 0 Å². The molecule has 0 amide bonds. The number of hydrogen-bond donors (Lipinski definition) is 0. The molecule has 3 heteroatoms. The van der Waals surface area contributed by atoms with E-state index in [2.05, 4.69) is 11.2 Å². The summed E-state index contributed by atoms with van der Waals surface area (Å²) in [6.45, 7) is 0. The summed E-state index contributed by atoms with van der Waals surface area (Å²) in [4.78, 5) is 4.07. The molecule has 0 saturated carbocycles. The minimum absolute atomic E-state index is 1.01. The van der Waals surface area contributed by atoms with Gasteiger partial charge in [0.15, 0.2) is 0 Å². The first-order valence-corrected chi connectivity index (χ1v) is 4.75. The topological polar surface area (TPSA) is 12.9 Å². The summed E-state index contributed by atoms with van der Waals surface area (Å²) in [5.74, 6) is 0. The maximum absolute atomic E-state index is 4.07. The first-order chi connectivity index (χ1) is 4.43. The highest BCUT2D eigenvalue weighted by atomic mass is 33.1. The lowest BCUT2D eigenvalue weighted by Gasteiger charge is -1.91. The van der Waals surface area contributed by atoms with Crippen LogP contribution in [0, 0.1) is 6.26 Å². The Morgan fingerprint density at radius 2 is 2.33 bits per heavy atom. The Kier molecular flexibility index (Phi) is 2.94. The Balaban J connectivity index is 2.61. The van der Waals surface area contributed by atoms with Gasteiger partial charge < -0.3 is 0 Å². The van der Waals surface area contributed by atoms with Gasteiger partial charge in [-0.05, 0) is 22.9 Å². The second-order valence-corrected chi connectivity index (χ2v) is 3.40. The van der Waals surface area contributed by atoms with Crippen molar-refractivity contribution in [3.05, 3.63) is 30.7 Å². The third-order valence-electron chi connectivity index (χ3n) is 0.782. The van der Waals surface area contributed by atoms with E-state index in [-0.39, 0.29) is 0 Å². The van der Waals surface area contributed by atoms with E-state index in [4.69, 9.17) is 0 Å². The molecule has 0 atom stereocenters. The van der Waals surface area contributed by atoms with Crippen LogP contribution in [0.25, 0.3) is 0 Å². The third kappa shape index (κ3) is 2.28. The van der Waals surface area contributed by atoms with E-state index in [1.807, 2.05) is 18.2 Å². The van der Waals surface area contributed by atoms with Crippen LogP contribution in [0.3, 0.4) is 0 Å². The number of rotatable bonds is 2. The highest BCUT2D eigenvalue weighted by Gasteiger charge is 1.87. The Bertz CT molecular complexity index is 164. The van der Waals surface area contributed by atoms with Crippen LogP contribution in [0.15, 0.2) is 29.4 Å². The third-order valence-corrected chi connectivity index (χ3v) is 2.18. The Morgan fingerprint density at radius 1 is 1.44 bits per heavy atom. The second kappa shape index (κ2) is 3.80. The van der Waals surface area contributed by atoms with Gasteiger partial charge in [0.2, 0.25) is 0 Å². The lowest BCUT2D eigenvalue weighted by molar-refractivity contribution is 1.14. The summed E-state index contributed by atoms with van der Waals surface area (Å²) in [6.07, 6.45) is 5.40. The molecular weight excluding hydrogens is 150 g/mol. The molecule has 1 heterocycles. The molecule has 0 aromatic carbocycles. The molecule has 0 bridgehead atoms. The van der Waals surface area contributed by atoms with Crippen molar-refractivity contribution in [2.45, 2.75) is 5.03 Å². The van der Waals surface area contributed by atoms with Gasteiger partial charge in [0, 0.05) is 12.5 Å². The minimum atomic E-state index is 1.01. The first-order valence-electron chi connectivity index (χ1n) is 2.43. The zero-order chi connectivity index (χ0) is 6.53.